The maximum atomic E-state index is 13.4. The minimum Gasteiger partial charge on any atom is -0.340 e. The smallest absolute Gasteiger partial charge is 0.268 e. The van der Waals surface area contributed by atoms with Crippen LogP contribution in [0.25, 0.3) is 10.9 Å². The Kier molecular flexibility index (Phi) is 4.98. The van der Waals surface area contributed by atoms with Crippen LogP contribution in [0, 0.1) is 6.92 Å². The molecule has 0 saturated heterocycles. The first-order valence-electron chi connectivity index (χ1n) is 9.69. The SMILES string of the molecule is CCn1c(C(=O)NC(c2ccccc2)c2ccccc2)c(C)c2ccccc21. The van der Waals surface area contributed by atoms with Crippen LogP contribution in [0.15, 0.2) is 84.9 Å². The van der Waals surface area contributed by atoms with Crippen molar-refractivity contribution in [3.05, 3.63) is 107 Å². The maximum absolute atomic E-state index is 13.4. The number of rotatable bonds is 5. The molecule has 3 nitrogen and oxygen atoms in total. The number of hydrogen-bond acceptors (Lipinski definition) is 1. The van der Waals surface area contributed by atoms with Gasteiger partial charge in [0.2, 0.25) is 0 Å². The zero-order valence-corrected chi connectivity index (χ0v) is 16.2. The van der Waals surface area contributed by atoms with Gasteiger partial charge in [-0.15, -0.1) is 0 Å². The van der Waals surface area contributed by atoms with Gasteiger partial charge in [-0.3, -0.25) is 4.79 Å². The molecule has 0 aliphatic carbocycles. The van der Waals surface area contributed by atoms with Crippen LogP contribution in [0.5, 0.6) is 0 Å². The summed E-state index contributed by atoms with van der Waals surface area (Å²) in [6.45, 7) is 4.86. The molecular weight excluding hydrogens is 344 g/mol. The molecule has 28 heavy (non-hydrogen) atoms. The third-order valence-corrected chi connectivity index (χ3v) is 5.30. The highest BCUT2D eigenvalue weighted by molar-refractivity contribution is 6.02. The Bertz CT molecular complexity index is 1060. The maximum Gasteiger partial charge on any atom is 0.268 e. The summed E-state index contributed by atoms with van der Waals surface area (Å²) >= 11 is 0. The van der Waals surface area contributed by atoms with Crippen molar-refractivity contribution in [1.82, 2.24) is 9.88 Å². The van der Waals surface area contributed by atoms with Crippen LogP contribution < -0.4 is 5.32 Å². The number of benzene rings is 3. The first kappa shape index (κ1) is 18.1. The summed E-state index contributed by atoms with van der Waals surface area (Å²) in [5.41, 5.74) is 5.00. The van der Waals surface area contributed by atoms with E-state index in [1.165, 1.54) is 0 Å². The minimum absolute atomic E-state index is 0.0479. The summed E-state index contributed by atoms with van der Waals surface area (Å²) < 4.78 is 2.10. The Labute approximate surface area is 165 Å². The Morgan fingerprint density at radius 3 is 1.96 bits per heavy atom. The molecule has 1 heterocycles. The molecule has 0 saturated carbocycles. The van der Waals surface area contributed by atoms with E-state index in [1.807, 2.05) is 55.5 Å². The largest absolute Gasteiger partial charge is 0.340 e. The molecule has 140 valence electrons. The minimum atomic E-state index is -0.197. The van der Waals surface area contributed by atoms with Gasteiger partial charge in [-0.05, 0) is 36.6 Å². The van der Waals surface area contributed by atoms with Crippen molar-refractivity contribution in [2.24, 2.45) is 0 Å². The second kappa shape index (κ2) is 7.73. The number of carbonyl (C=O) groups excluding carboxylic acids is 1. The number of hydrogen-bond donors (Lipinski definition) is 1. The molecule has 1 aromatic heterocycles. The monoisotopic (exact) mass is 368 g/mol. The number of para-hydroxylation sites is 1. The van der Waals surface area contributed by atoms with Crippen LogP contribution in [0.3, 0.4) is 0 Å². The molecule has 0 radical (unpaired) electrons. The van der Waals surface area contributed by atoms with Crippen LogP contribution in [-0.2, 0) is 6.54 Å². The fourth-order valence-corrected chi connectivity index (χ4v) is 3.95. The van der Waals surface area contributed by atoms with Crippen LogP contribution in [0.2, 0.25) is 0 Å². The van der Waals surface area contributed by atoms with E-state index < -0.39 is 0 Å². The van der Waals surface area contributed by atoms with E-state index >= 15 is 0 Å². The Hall–Kier alpha value is -3.33. The normalized spacial score (nSPS) is 11.1. The summed E-state index contributed by atoms with van der Waals surface area (Å²) in [5, 5.41) is 4.41. The van der Waals surface area contributed by atoms with Crippen molar-refractivity contribution < 1.29 is 4.79 Å². The molecule has 0 aliphatic rings. The molecule has 3 aromatic carbocycles. The average Bonchev–Trinajstić information content (AvgIpc) is 3.05. The Morgan fingerprint density at radius 2 is 1.39 bits per heavy atom. The molecule has 0 bridgehead atoms. The lowest BCUT2D eigenvalue weighted by Crippen LogP contribution is -2.31. The fourth-order valence-electron chi connectivity index (χ4n) is 3.95. The molecule has 1 amide bonds. The first-order valence-corrected chi connectivity index (χ1v) is 9.69. The number of carbonyl (C=O) groups is 1. The number of aryl methyl sites for hydroxylation is 2. The molecule has 3 heteroatoms. The van der Waals surface area contributed by atoms with Crippen LogP contribution >= 0.6 is 0 Å². The standard InChI is InChI=1S/C25H24N2O/c1-3-27-22-17-11-10-16-21(22)18(2)24(27)25(28)26-23(19-12-6-4-7-13-19)20-14-8-5-9-15-20/h4-17,23H,3H2,1-2H3,(H,26,28). The highest BCUT2D eigenvalue weighted by Crippen LogP contribution is 2.27. The lowest BCUT2D eigenvalue weighted by Gasteiger charge is -2.21. The highest BCUT2D eigenvalue weighted by atomic mass is 16.2. The number of aromatic nitrogens is 1. The van der Waals surface area contributed by atoms with Gasteiger partial charge in [0.15, 0.2) is 0 Å². The average molecular weight is 368 g/mol. The van der Waals surface area contributed by atoms with E-state index in [0.29, 0.717) is 0 Å². The Balaban J connectivity index is 1.77. The second-order valence-corrected chi connectivity index (χ2v) is 6.96. The van der Waals surface area contributed by atoms with E-state index in [1.54, 1.807) is 0 Å². The number of nitrogens with zero attached hydrogens (tertiary/aromatic N) is 1. The van der Waals surface area contributed by atoms with Crippen LogP contribution in [0.1, 0.15) is 40.1 Å². The first-order chi connectivity index (χ1) is 13.7. The van der Waals surface area contributed by atoms with Crippen molar-refractivity contribution in [2.75, 3.05) is 0 Å². The summed E-state index contributed by atoms with van der Waals surface area (Å²) in [4.78, 5) is 13.4. The molecule has 0 atom stereocenters. The van der Waals surface area contributed by atoms with Gasteiger partial charge in [-0.25, -0.2) is 0 Å². The van der Waals surface area contributed by atoms with E-state index in [2.05, 4.69) is 53.2 Å². The molecule has 0 spiro atoms. The van der Waals surface area contributed by atoms with Crippen LogP contribution in [0.4, 0.5) is 0 Å². The summed E-state index contributed by atoms with van der Waals surface area (Å²) in [7, 11) is 0. The predicted molar refractivity (Wildman–Crippen MR) is 115 cm³/mol. The van der Waals surface area contributed by atoms with Crippen molar-refractivity contribution in [3.8, 4) is 0 Å². The van der Waals surface area contributed by atoms with Crippen molar-refractivity contribution >= 4 is 16.8 Å². The molecule has 0 aliphatic heterocycles. The third-order valence-electron chi connectivity index (χ3n) is 5.30. The topological polar surface area (TPSA) is 34.0 Å². The van der Waals surface area contributed by atoms with E-state index in [0.717, 1.165) is 39.8 Å². The van der Waals surface area contributed by atoms with Gasteiger partial charge in [0.05, 0.1) is 6.04 Å². The van der Waals surface area contributed by atoms with E-state index in [4.69, 9.17) is 0 Å². The number of amides is 1. The summed E-state index contributed by atoms with van der Waals surface area (Å²) in [6.07, 6.45) is 0. The molecule has 4 rings (SSSR count). The van der Waals surface area contributed by atoms with Crippen molar-refractivity contribution in [3.63, 3.8) is 0 Å². The molecule has 4 aromatic rings. The third kappa shape index (κ3) is 3.20. The highest BCUT2D eigenvalue weighted by Gasteiger charge is 2.23. The molecule has 0 unspecified atom stereocenters. The van der Waals surface area contributed by atoms with Gasteiger partial charge in [-0.2, -0.15) is 0 Å². The zero-order valence-electron chi connectivity index (χ0n) is 16.2. The lowest BCUT2D eigenvalue weighted by atomic mass is 9.98. The Morgan fingerprint density at radius 1 is 0.857 bits per heavy atom. The number of fused-ring (bicyclic) bond motifs is 1. The second-order valence-electron chi connectivity index (χ2n) is 6.96. The van der Waals surface area contributed by atoms with E-state index in [-0.39, 0.29) is 11.9 Å². The van der Waals surface area contributed by atoms with Gasteiger partial charge in [0.1, 0.15) is 5.69 Å². The van der Waals surface area contributed by atoms with Gasteiger partial charge < -0.3 is 9.88 Å². The summed E-state index contributed by atoms with van der Waals surface area (Å²) in [5.74, 6) is -0.0479. The van der Waals surface area contributed by atoms with Gasteiger partial charge >= 0.3 is 0 Å². The number of nitrogens with one attached hydrogen (secondary N) is 1. The van der Waals surface area contributed by atoms with Gasteiger partial charge in [0.25, 0.3) is 5.91 Å². The molecule has 0 fully saturated rings. The van der Waals surface area contributed by atoms with Gasteiger partial charge in [-0.1, -0.05) is 78.9 Å². The van der Waals surface area contributed by atoms with E-state index in [9.17, 15) is 4.79 Å². The van der Waals surface area contributed by atoms with Crippen molar-refractivity contribution in [2.45, 2.75) is 26.4 Å². The lowest BCUT2D eigenvalue weighted by molar-refractivity contribution is 0.0933. The molecular formula is C25H24N2O. The fraction of sp³-hybridized carbons (Fsp3) is 0.160. The van der Waals surface area contributed by atoms with Crippen LogP contribution in [-0.4, -0.2) is 10.5 Å². The zero-order chi connectivity index (χ0) is 19.5. The summed E-state index contributed by atoms with van der Waals surface area (Å²) in [6, 6.07) is 28.2. The van der Waals surface area contributed by atoms with Crippen molar-refractivity contribution in [1.29, 1.82) is 0 Å². The molecule has 1 N–H and O–H groups in total. The predicted octanol–water partition coefficient (Wildman–Crippen LogP) is 5.49. The van der Waals surface area contributed by atoms with Gasteiger partial charge in [0, 0.05) is 17.4 Å². The quantitative estimate of drug-likeness (QED) is 0.497.